The van der Waals surface area contributed by atoms with Gasteiger partial charge in [0.2, 0.25) is 0 Å². The maximum absolute atomic E-state index is 10.3. The summed E-state index contributed by atoms with van der Waals surface area (Å²) >= 11 is 39.2. The van der Waals surface area contributed by atoms with Crippen LogP contribution in [0.2, 0.25) is 25.1 Å². The molecule has 0 bridgehead atoms. The van der Waals surface area contributed by atoms with Crippen LogP contribution in [-0.4, -0.2) is 108 Å². The monoisotopic (exact) mass is 1430 g/mol. The van der Waals surface area contributed by atoms with Crippen molar-refractivity contribution in [3.63, 3.8) is 0 Å². The second kappa shape index (κ2) is 54.1. The number of hydrogen-bond acceptors (Lipinski definition) is 13. The van der Waals surface area contributed by atoms with Crippen LogP contribution in [0.1, 0.15) is 103 Å². The Hall–Kier alpha value is -4.51. The first-order valence-corrected chi connectivity index (χ1v) is 36.0. The van der Waals surface area contributed by atoms with Crippen molar-refractivity contribution < 1.29 is 64.1 Å². The summed E-state index contributed by atoms with van der Waals surface area (Å²) in [5.74, 6) is 0.904. The predicted molar refractivity (Wildman–Crippen MR) is 374 cm³/mol. The van der Waals surface area contributed by atoms with Gasteiger partial charge in [-0.05, 0) is 159 Å². The largest absolute Gasteiger partial charge is 0.497 e. The molecule has 0 aromatic heterocycles. The third kappa shape index (κ3) is 48.0. The van der Waals surface area contributed by atoms with Gasteiger partial charge in [0, 0.05) is 66.5 Å². The van der Waals surface area contributed by atoms with E-state index in [0.29, 0.717) is 35.7 Å². The van der Waals surface area contributed by atoms with Gasteiger partial charge in [-0.25, -0.2) is 0 Å². The first kappa shape index (κ1) is 82.5. The molecule has 486 valence electrons. The molecule has 0 fully saturated rings. The van der Waals surface area contributed by atoms with Gasteiger partial charge in [0.05, 0.1) is 33.0 Å². The third-order valence-corrected chi connectivity index (χ3v) is 19.7. The minimum atomic E-state index is -0.833. The Morgan fingerprint density at radius 2 is 0.629 bits per heavy atom. The molecule has 6 N–H and O–H groups in total. The van der Waals surface area contributed by atoms with Gasteiger partial charge in [-0.1, -0.05) is 144 Å². The number of aliphatic carboxylic acids is 6. The van der Waals surface area contributed by atoms with Gasteiger partial charge in [-0.3, -0.25) is 28.8 Å². The molecule has 0 radical (unpaired) electrons. The summed E-state index contributed by atoms with van der Waals surface area (Å²) in [6.45, 7) is 0. The predicted octanol–water partition coefficient (Wildman–Crippen LogP) is 20.7. The molecular weight excluding hydrogens is 1360 g/mol. The molecule has 0 aliphatic heterocycles. The quantitative estimate of drug-likeness (QED) is 0.0160. The average Bonchev–Trinajstić information content (AvgIpc) is 3.62. The van der Waals surface area contributed by atoms with E-state index in [-0.39, 0.29) is 31.4 Å². The molecule has 0 saturated heterocycles. The molecule has 24 heteroatoms. The summed E-state index contributed by atoms with van der Waals surface area (Å²) in [6.07, 6.45) is 11.3. The van der Waals surface area contributed by atoms with E-state index in [1.54, 1.807) is 78.1 Å². The number of carbonyl (C=O) groups is 6. The molecule has 0 saturated carbocycles. The number of carboxylic acid groups (broad SMARTS) is 6. The molecule has 0 heterocycles. The van der Waals surface area contributed by atoms with Crippen molar-refractivity contribution in [1.82, 2.24) is 0 Å². The van der Waals surface area contributed by atoms with Crippen molar-refractivity contribution in [1.29, 1.82) is 0 Å². The molecular formula is C65H77Cl5O13S6. The third-order valence-electron chi connectivity index (χ3n) is 11.0. The highest BCUT2D eigenvalue weighted by molar-refractivity contribution is 8.00. The topological polar surface area (TPSA) is 233 Å². The van der Waals surface area contributed by atoms with Crippen LogP contribution >= 0.6 is 129 Å². The van der Waals surface area contributed by atoms with Crippen LogP contribution in [0.15, 0.2) is 175 Å². The van der Waals surface area contributed by atoms with E-state index in [4.69, 9.17) is 93.4 Å². The minimum absolute atomic E-state index is 0.0454. The van der Waals surface area contributed by atoms with Crippen molar-refractivity contribution in [2.75, 3.05) is 41.6 Å². The van der Waals surface area contributed by atoms with Crippen molar-refractivity contribution in [2.24, 2.45) is 0 Å². The number of benzene rings is 6. The van der Waals surface area contributed by atoms with Crippen molar-refractivity contribution in [2.45, 2.75) is 132 Å². The van der Waals surface area contributed by atoms with Crippen LogP contribution < -0.4 is 4.74 Å². The number of unbranched alkanes of at least 4 members (excludes halogenated alkanes) is 6. The van der Waals surface area contributed by atoms with E-state index in [0.717, 1.165) is 130 Å². The molecule has 0 aliphatic carbocycles. The maximum Gasteiger partial charge on any atom is 0.313 e. The van der Waals surface area contributed by atoms with Gasteiger partial charge in [0.1, 0.15) is 5.75 Å². The van der Waals surface area contributed by atoms with E-state index >= 15 is 0 Å². The van der Waals surface area contributed by atoms with Gasteiger partial charge in [0.25, 0.3) is 0 Å². The van der Waals surface area contributed by atoms with Gasteiger partial charge in [0.15, 0.2) is 0 Å². The fourth-order valence-corrected chi connectivity index (χ4v) is 13.4. The van der Waals surface area contributed by atoms with Crippen LogP contribution in [0.4, 0.5) is 0 Å². The fourth-order valence-electron chi connectivity index (χ4n) is 6.69. The summed E-state index contributed by atoms with van der Waals surface area (Å²) in [5.41, 5.74) is 0. The van der Waals surface area contributed by atoms with Gasteiger partial charge < -0.3 is 35.4 Å². The van der Waals surface area contributed by atoms with Crippen LogP contribution in [-0.2, 0) is 28.8 Å². The number of methoxy groups -OCH3 is 1. The Bertz CT molecular complexity index is 2960. The lowest BCUT2D eigenvalue weighted by molar-refractivity contribution is -0.138. The van der Waals surface area contributed by atoms with E-state index < -0.39 is 35.8 Å². The van der Waals surface area contributed by atoms with Crippen LogP contribution in [0.25, 0.3) is 0 Å². The second-order valence-corrected chi connectivity index (χ2v) is 27.2. The summed E-state index contributed by atoms with van der Waals surface area (Å²) in [4.78, 5) is 67.8. The smallest absolute Gasteiger partial charge is 0.313 e. The summed E-state index contributed by atoms with van der Waals surface area (Å²) in [5, 5.41) is 54.3. The van der Waals surface area contributed by atoms with Crippen LogP contribution in [0.5, 0.6) is 5.75 Å². The van der Waals surface area contributed by atoms with E-state index in [2.05, 4.69) is 0 Å². The Labute approximate surface area is 573 Å². The van der Waals surface area contributed by atoms with Crippen molar-refractivity contribution >= 4 is 164 Å². The molecule has 6 aromatic carbocycles. The highest BCUT2D eigenvalue weighted by Crippen LogP contribution is 2.31. The number of thioether (sulfide) groups is 6. The normalized spacial score (nSPS) is 10.1. The zero-order valence-electron chi connectivity index (χ0n) is 49.3. The zero-order chi connectivity index (χ0) is 65.9. The summed E-state index contributed by atoms with van der Waals surface area (Å²) in [7, 11) is 1.63. The van der Waals surface area contributed by atoms with E-state index in [9.17, 15) is 28.8 Å². The summed E-state index contributed by atoms with van der Waals surface area (Å²) in [6, 6.07) is 45.8. The lowest BCUT2D eigenvalue weighted by atomic mass is 10.1. The highest BCUT2D eigenvalue weighted by Gasteiger charge is 2.06. The lowest BCUT2D eigenvalue weighted by Crippen LogP contribution is -1.97. The molecule has 6 aromatic rings. The fraction of sp³-hybridized carbons (Fsp3) is 0.354. The van der Waals surface area contributed by atoms with E-state index in [1.165, 1.54) is 11.8 Å². The van der Waals surface area contributed by atoms with Crippen LogP contribution in [0.3, 0.4) is 0 Å². The van der Waals surface area contributed by atoms with Gasteiger partial charge >= 0.3 is 35.8 Å². The Balaban J connectivity index is 0.000000536. The summed E-state index contributed by atoms with van der Waals surface area (Å²) < 4.78 is 5.09. The number of rotatable bonds is 35. The highest BCUT2D eigenvalue weighted by atomic mass is 35.5. The zero-order valence-corrected chi connectivity index (χ0v) is 58.0. The molecule has 0 aliphatic rings. The second-order valence-electron chi connectivity index (χ2n) is 18.4. The molecule has 0 spiro atoms. The van der Waals surface area contributed by atoms with Gasteiger partial charge in [-0.15, -0.1) is 70.6 Å². The number of hydrogen-bond donors (Lipinski definition) is 6. The number of ether oxygens (including phenoxy) is 1. The number of carboxylic acids is 6. The standard InChI is InChI=1S/C14H19ClO2S.C12H15ClO2S.C11H14O3S.2C10H11ClO2S.C8H7ClO2S/c15-12-8-5-6-9-13(12)18-11-7-3-1-2-4-10-14(16)17;13-10-6-3-4-7-11(10)16-9-5-1-2-8-12(14)15;1-14-9-4-2-5-10(8-9)15-7-3-6-11(12)13;11-8-3-1-4-9(7-8)14-6-2-5-10(12)13;11-8-4-1-2-5-9(8)14-7-3-6-10(12)13;9-6-3-1-2-4-7(6)12-5-8(10)11/h5-6,8-9H,1-4,7,10-11H2,(H,16,17);3-4,6-7H,1-2,5,8-9H2,(H,14,15);2,4-5,8H,3,6-7H2,1H3,(H,12,13);1,3-4,7H,2,5-6H2,(H,12,13);1-2,4-5H,3,6-7H2,(H,12,13);1-4H,5H2,(H,10,11). The van der Waals surface area contributed by atoms with Crippen molar-refractivity contribution in [3.05, 3.63) is 171 Å². The molecule has 6 rings (SSSR count). The minimum Gasteiger partial charge on any atom is -0.497 e. The Morgan fingerprint density at radius 3 is 0.989 bits per heavy atom. The van der Waals surface area contributed by atoms with Gasteiger partial charge in [-0.2, -0.15) is 0 Å². The first-order chi connectivity index (χ1) is 42.7. The molecule has 0 unspecified atom stereocenters. The number of halogens is 5. The van der Waals surface area contributed by atoms with Crippen LogP contribution in [0, 0.1) is 0 Å². The molecule has 13 nitrogen and oxygen atoms in total. The Kier molecular flexibility index (Phi) is 50.1. The van der Waals surface area contributed by atoms with Crippen molar-refractivity contribution in [3.8, 4) is 5.75 Å². The molecule has 0 amide bonds. The first-order valence-electron chi connectivity index (χ1n) is 28.2. The average molecular weight is 1440 g/mol. The lowest BCUT2D eigenvalue weighted by Gasteiger charge is -2.03. The molecule has 0 atom stereocenters. The Morgan fingerprint density at radius 1 is 0.326 bits per heavy atom. The SMILES string of the molecule is COc1cccc(SCCCC(=O)O)c1.O=C(O)CCCCCCCSc1ccccc1Cl.O=C(O)CCCCCSc1ccccc1Cl.O=C(O)CCCSc1cccc(Cl)c1.O=C(O)CCCSc1ccccc1Cl.O=C(O)CSc1ccccc1Cl. The molecule has 89 heavy (non-hydrogen) atoms. The van der Waals surface area contributed by atoms with E-state index in [1.807, 2.05) is 133 Å². The maximum atomic E-state index is 10.3.